The first-order valence-corrected chi connectivity index (χ1v) is 40.4. The minimum atomic E-state index is -5.01. The number of allylic oxidation sites excluding steroid dienone is 27. The van der Waals surface area contributed by atoms with Crippen LogP contribution in [0.3, 0.4) is 0 Å². The number of esters is 4. The number of carbonyl (C=O) groups excluding carboxylic acids is 4. The number of phosphoric acid groups is 2. The van der Waals surface area contributed by atoms with Gasteiger partial charge in [-0.1, -0.05) is 262 Å². The van der Waals surface area contributed by atoms with E-state index in [9.17, 15) is 43.2 Å². The van der Waals surface area contributed by atoms with Gasteiger partial charge in [0.2, 0.25) is 0 Å². The van der Waals surface area contributed by atoms with Gasteiger partial charge in [-0.25, -0.2) is 9.13 Å². The second-order valence-corrected chi connectivity index (χ2v) is 27.0. The zero-order valence-corrected chi connectivity index (χ0v) is 63.3. The lowest BCUT2D eigenvalue weighted by molar-refractivity contribution is -0.161. The Morgan fingerprint density at radius 3 is 0.970 bits per heavy atom. The molecule has 0 aromatic heterocycles. The molecule has 0 fully saturated rings. The predicted molar refractivity (Wildman–Crippen MR) is 408 cm³/mol. The van der Waals surface area contributed by atoms with Crippen molar-refractivity contribution < 1.29 is 80.2 Å². The van der Waals surface area contributed by atoms with Crippen LogP contribution in [0.2, 0.25) is 0 Å². The molecule has 0 bridgehead atoms. The molecule has 0 rings (SSSR count). The average Bonchev–Trinajstić information content (AvgIpc) is 0.985. The van der Waals surface area contributed by atoms with E-state index in [4.69, 9.17) is 37.0 Å². The molecule has 0 radical (unpaired) electrons. The predicted octanol–water partition coefficient (Wildman–Crippen LogP) is 21.4. The third kappa shape index (κ3) is 70.8. The number of carbonyl (C=O) groups is 4. The highest BCUT2D eigenvalue weighted by molar-refractivity contribution is 7.47. The van der Waals surface area contributed by atoms with Crippen LogP contribution in [-0.2, 0) is 65.4 Å². The first kappa shape index (κ1) is 94.4. The normalized spacial score (nSPS) is 14.9. The molecule has 17 nitrogen and oxygen atoms in total. The molecule has 5 atom stereocenters. The van der Waals surface area contributed by atoms with Crippen LogP contribution < -0.4 is 0 Å². The van der Waals surface area contributed by atoms with Gasteiger partial charge < -0.3 is 33.8 Å². The van der Waals surface area contributed by atoms with Crippen molar-refractivity contribution in [2.24, 2.45) is 0 Å². The number of aliphatic hydroxyl groups excluding tert-OH is 1. The van der Waals surface area contributed by atoms with Crippen LogP contribution in [0.25, 0.3) is 0 Å². The minimum absolute atomic E-state index is 0.0254. The summed E-state index contributed by atoms with van der Waals surface area (Å²) in [5.41, 5.74) is 0. The lowest BCUT2D eigenvalue weighted by Gasteiger charge is -2.21. The molecule has 0 aliphatic carbocycles. The molecule has 19 heteroatoms. The Kier molecular flexibility index (Phi) is 67.8. The van der Waals surface area contributed by atoms with Gasteiger partial charge in [-0.2, -0.15) is 0 Å². The molecule has 3 N–H and O–H groups in total. The zero-order valence-electron chi connectivity index (χ0n) is 61.5. The summed E-state index contributed by atoms with van der Waals surface area (Å²) >= 11 is 0. The second-order valence-electron chi connectivity index (χ2n) is 24.1. The molecule has 0 amide bonds. The van der Waals surface area contributed by atoms with E-state index in [1.54, 1.807) is 6.08 Å². The molecule has 0 saturated carbocycles. The molecule has 566 valence electrons. The Morgan fingerprint density at radius 2 is 0.590 bits per heavy atom. The third-order valence-electron chi connectivity index (χ3n) is 14.7. The van der Waals surface area contributed by atoms with Crippen molar-refractivity contribution in [1.29, 1.82) is 0 Å². The molecule has 100 heavy (non-hydrogen) atoms. The summed E-state index contributed by atoms with van der Waals surface area (Å²) in [5.74, 6) is -2.47. The molecule has 5 unspecified atom stereocenters. The molecule has 0 aliphatic rings. The third-order valence-corrected chi connectivity index (χ3v) is 16.6. The van der Waals surface area contributed by atoms with Gasteiger partial charge in [-0.15, -0.1) is 0 Å². The smallest absolute Gasteiger partial charge is 0.462 e. The summed E-state index contributed by atoms with van der Waals surface area (Å²) in [5, 5.41) is 10.6. The van der Waals surface area contributed by atoms with Gasteiger partial charge in [-0.3, -0.25) is 37.3 Å². The first-order chi connectivity index (χ1) is 48.7. The lowest BCUT2D eigenvalue weighted by atomic mass is 10.1. The van der Waals surface area contributed by atoms with Gasteiger partial charge in [0.1, 0.15) is 19.3 Å². The first-order valence-electron chi connectivity index (χ1n) is 37.4. The maximum atomic E-state index is 13.1. The topological polar surface area (TPSA) is 237 Å². The largest absolute Gasteiger partial charge is 0.472 e. The fourth-order valence-corrected chi connectivity index (χ4v) is 10.6. The number of ether oxygens (including phenoxy) is 4. The lowest BCUT2D eigenvalue weighted by Crippen LogP contribution is -2.30. The van der Waals surface area contributed by atoms with Crippen LogP contribution in [0.4, 0.5) is 0 Å². The fraction of sp³-hybridized carbons (Fsp3) is 0.605. The van der Waals surface area contributed by atoms with Gasteiger partial charge in [0, 0.05) is 19.3 Å². The van der Waals surface area contributed by atoms with E-state index >= 15 is 0 Å². The summed E-state index contributed by atoms with van der Waals surface area (Å²) < 4.78 is 68.1. The number of hydrogen-bond donors (Lipinski definition) is 3. The van der Waals surface area contributed by atoms with Crippen LogP contribution in [0.5, 0.6) is 0 Å². The van der Waals surface area contributed by atoms with Crippen LogP contribution in [0.15, 0.2) is 170 Å². The Hall–Kier alpha value is -5.58. The van der Waals surface area contributed by atoms with Crippen molar-refractivity contribution >= 4 is 39.5 Å². The van der Waals surface area contributed by atoms with E-state index in [1.165, 1.54) is 25.7 Å². The van der Waals surface area contributed by atoms with Gasteiger partial charge in [0.05, 0.1) is 32.8 Å². The number of unbranched alkanes of at least 4 members (excludes halogenated alkanes) is 15. The number of hydrogen-bond acceptors (Lipinski definition) is 15. The Labute approximate surface area is 603 Å². The van der Waals surface area contributed by atoms with Gasteiger partial charge >= 0.3 is 39.5 Å². The second kappa shape index (κ2) is 71.8. The van der Waals surface area contributed by atoms with Crippen molar-refractivity contribution in [3.63, 3.8) is 0 Å². The van der Waals surface area contributed by atoms with Crippen LogP contribution in [0, 0.1) is 0 Å². The number of rotatable bonds is 68. The van der Waals surface area contributed by atoms with Crippen molar-refractivity contribution in [2.75, 3.05) is 39.6 Å². The highest BCUT2D eigenvalue weighted by Crippen LogP contribution is 2.45. The van der Waals surface area contributed by atoms with Crippen molar-refractivity contribution in [2.45, 2.75) is 277 Å². The van der Waals surface area contributed by atoms with E-state index in [0.29, 0.717) is 32.1 Å². The van der Waals surface area contributed by atoms with E-state index in [1.807, 2.05) is 36.5 Å². The number of phosphoric ester groups is 2. The summed E-state index contributed by atoms with van der Waals surface area (Å²) in [4.78, 5) is 72.7. The molecule has 0 aliphatic heterocycles. The van der Waals surface area contributed by atoms with Gasteiger partial charge in [0.15, 0.2) is 12.2 Å². The van der Waals surface area contributed by atoms with E-state index < -0.39 is 97.5 Å². The SMILES string of the molecule is CC/C=C\C/C=C\C/C=C\C/C=C\C/C=C\C/C=C\CCC(=O)OCC(COP(=O)(O)OCC(O)COP(=O)(O)OCC(COC(=O)C/C=C\C/C=C\C/C=C\C/C=C\C/C=C\CC)OC(=O)CCCCCCC/C=C\CCCC)OC(=O)CCCCCCC/C=C\C/C=C\CCCCC. The molecule has 0 saturated heterocycles. The fourth-order valence-electron chi connectivity index (χ4n) is 9.03. The maximum Gasteiger partial charge on any atom is 0.472 e. The summed E-state index contributed by atoms with van der Waals surface area (Å²) in [7, 11) is -10.0. The maximum absolute atomic E-state index is 13.1. The molecule has 0 aromatic carbocycles. The van der Waals surface area contributed by atoms with Crippen molar-refractivity contribution in [1.82, 2.24) is 0 Å². The van der Waals surface area contributed by atoms with Crippen LogP contribution >= 0.6 is 15.6 Å². The minimum Gasteiger partial charge on any atom is -0.462 e. The molecule has 0 heterocycles. The van der Waals surface area contributed by atoms with Gasteiger partial charge in [0.25, 0.3) is 0 Å². The summed E-state index contributed by atoms with van der Waals surface area (Å²) in [6.07, 6.45) is 84.0. The van der Waals surface area contributed by atoms with Crippen LogP contribution in [-0.4, -0.2) is 96.7 Å². The van der Waals surface area contributed by atoms with Crippen molar-refractivity contribution in [3.8, 4) is 0 Å². The highest BCUT2D eigenvalue weighted by Gasteiger charge is 2.30. The number of aliphatic hydroxyl groups is 1. The molecular formula is C81H130O17P2. The monoisotopic (exact) mass is 1440 g/mol. The zero-order chi connectivity index (χ0) is 73.2. The van der Waals surface area contributed by atoms with Gasteiger partial charge in [-0.05, 0) is 141 Å². The molecule has 0 spiro atoms. The molecule has 0 aromatic rings. The van der Waals surface area contributed by atoms with Crippen molar-refractivity contribution in [3.05, 3.63) is 170 Å². The highest BCUT2D eigenvalue weighted by atomic mass is 31.2. The average molecular weight is 1440 g/mol. The Morgan fingerprint density at radius 1 is 0.300 bits per heavy atom. The van der Waals surface area contributed by atoms with Crippen LogP contribution in [0.1, 0.15) is 259 Å². The van der Waals surface area contributed by atoms with E-state index in [0.717, 1.165) is 148 Å². The Bertz CT molecular complexity index is 2570. The standard InChI is InChI=1S/C81H130O17P2/c1-5-9-13-17-21-25-29-32-35-36-37-38-41-43-47-50-54-58-62-66-79(84)92-72-77(98-81(86)68-64-60-56-52-48-44-40-34-31-27-23-19-15-11-7-3)74-96-100(89,90)94-70-75(82)69-93-99(87,88)95-73-76(97-80(85)67-63-59-55-51-45-28-24-20-16-12-8-4)71-91-78(83)65-61-57-53-49-46-42-39-33-30-26-22-18-14-10-6-2/h9-10,13-14,20-27,32-35,37-40,43,46-47,49,54,57-58,61,75-77,82H,5-8,11-12,15-19,28-31,36,41-42,44-45,48,50-53,55-56,59-60,62-74H2,1-4H3,(H,87,88)(H,89,90)/b13-9-,14-10-,24-20-,25-21-,26-22-,27-23-,35-32-,38-37-,39-33-,40-34-,47-43-,49-46-,58-54-,61-57-. The van der Waals surface area contributed by atoms with E-state index in [2.05, 4.69) is 155 Å². The summed E-state index contributed by atoms with van der Waals surface area (Å²) in [6, 6.07) is 0. The summed E-state index contributed by atoms with van der Waals surface area (Å²) in [6.45, 7) is 4.31. The quantitative estimate of drug-likeness (QED) is 0.0169. The molecular weight excluding hydrogens is 1310 g/mol. The van der Waals surface area contributed by atoms with E-state index in [-0.39, 0.29) is 25.7 Å². The Balaban J connectivity index is 5.49.